The summed E-state index contributed by atoms with van der Waals surface area (Å²) in [5.74, 6) is -0.129. The number of rotatable bonds is 4. The van der Waals surface area contributed by atoms with Crippen molar-refractivity contribution < 1.29 is 13.2 Å². The van der Waals surface area contributed by atoms with Crippen molar-refractivity contribution in [3.63, 3.8) is 0 Å². The number of sulfone groups is 1. The van der Waals surface area contributed by atoms with E-state index in [0.717, 1.165) is 10.6 Å². The molecule has 6 nitrogen and oxygen atoms in total. The van der Waals surface area contributed by atoms with Crippen LogP contribution in [0.5, 0.6) is 0 Å². The molecule has 3 heterocycles. The summed E-state index contributed by atoms with van der Waals surface area (Å²) in [5.41, 5.74) is 0.859. The van der Waals surface area contributed by atoms with Gasteiger partial charge in [-0.1, -0.05) is 18.2 Å². The van der Waals surface area contributed by atoms with Gasteiger partial charge in [-0.25, -0.2) is 8.42 Å². The number of thiophene rings is 1. The minimum absolute atomic E-state index is 0.129. The molecule has 25 heavy (non-hydrogen) atoms. The Morgan fingerprint density at radius 1 is 1.12 bits per heavy atom. The smallest absolute Gasteiger partial charge is 0.264 e. The van der Waals surface area contributed by atoms with E-state index in [-0.39, 0.29) is 19.0 Å². The van der Waals surface area contributed by atoms with Crippen LogP contribution in [0.1, 0.15) is 9.67 Å². The molecule has 0 saturated carbocycles. The molecule has 128 valence electrons. The molecule has 0 bridgehead atoms. The number of likely N-dealkylation sites (tertiary alicyclic amines) is 1. The van der Waals surface area contributed by atoms with Gasteiger partial charge in [0.2, 0.25) is 0 Å². The predicted octanol–water partition coefficient (Wildman–Crippen LogP) is 2.44. The number of carbonyl (C=O) groups is 1. The molecular weight excluding hydrogens is 358 g/mol. The van der Waals surface area contributed by atoms with Crippen LogP contribution < -0.4 is 0 Å². The molecule has 0 radical (unpaired) electrons. The molecule has 8 heteroatoms. The van der Waals surface area contributed by atoms with E-state index in [1.165, 1.54) is 11.3 Å². The molecule has 1 saturated heterocycles. The van der Waals surface area contributed by atoms with Gasteiger partial charge in [-0.15, -0.1) is 11.3 Å². The van der Waals surface area contributed by atoms with Crippen molar-refractivity contribution in [1.29, 1.82) is 0 Å². The zero-order valence-electron chi connectivity index (χ0n) is 13.1. The van der Waals surface area contributed by atoms with Crippen LogP contribution in [0, 0.1) is 0 Å². The highest BCUT2D eigenvalue weighted by atomic mass is 32.2. The van der Waals surface area contributed by atoms with Crippen LogP contribution >= 0.6 is 11.3 Å². The SMILES string of the molecule is O=C(c1ccc(-c2ccn[nH]2)s1)N1CC(S(=O)(=O)c2ccccc2)C1. The number of nitrogens with zero attached hydrogens (tertiary/aromatic N) is 2. The number of aromatic amines is 1. The van der Waals surface area contributed by atoms with Crippen molar-refractivity contribution in [2.75, 3.05) is 13.1 Å². The van der Waals surface area contributed by atoms with Crippen molar-refractivity contribution in [2.24, 2.45) is 0 Å². The molecule has 1 fully saturated rings. The maximum Gasteiger partial charge on any atom is 0.264 e. The number of hydrogen-bond donors (Lipinski definition) is 1. The van der Waals surface area contributed by atoms with Gasteiger partial charge in [0, 0.05) is 19.3 Å². The normalized spacial score (nSPS) is 15.1. The Kier molecular flexibility index (Phi) is 3.93. The number of benzene rings is 1. The second-order valence-corrected chi connectivity index (χ2v) is 9.14. The zero-order chi connectivity index (χ0) is 17.4. The van der Waals surface area contributed by atoms with Gasteiger partial charge in [0.25, 0.3) is 5.91 Å². The highest BCUT2D eigenvalue weighted by molar-refractivity contribution is 7.92. The monoisotopic (exact) mass is 373 g/mol. The quantitative estimate of drug-likeness (QED) is 0.761. The van der Waals surface area contributed by atoms with E-state index in [0.29, 0.717) is 9.77 Å². The summed E-state index contributed by atoms with van der Waals surface area (Å²) >= 11 is 1.37. The molecule has 0 unspecified atom stereocenters. The summed E-state index contributed by atoms with van der Waals surface area (Å²) in [6.07, 6.45) is 1.66. The molecule has 3 aromatic rings. The maximum absolute atomic E-state index is 12.5. The fourth-order valence-electron chi connectivity index (χ4n) is 2.75. The van der Waals surface area contributed by atoms with Gasteiger partial charge in [-0.3, -0.25) is 9.89 Å². The summed E-state index contributed by atoms with van der Waals surface area (Å²) in [6.45, 7) is 0.459. The highest BCUT2D eigenvalue weighted by Crippen LogP contribution is 2.30. The Labute approximate surface area is 149 Å². The molecular formula is C17H15N3O3S2. The van der Waals surface area contributed by atoms with Gasteiger partial charge < -0.3 is 4.90 Å². The first-order valence-electron chi connectivity index (χ1n) is 7.73. The lowest BCUT2D eigenvalue weighted by atomic mass is 10.2. The maximum atomic E-state index is 12.5. The third-order valence-electron chi connectivity index (χ3n) is 4.23. The number of hydrogen-bond acceptors (Lipinski definition) is 5. The lowest BCUT2D eigenvalue weighted by molar-refractivity contribution is 0.0664. The van der Waals surface area contributed by atoms with Crippen LogP contribution in [0.3, 0.4) is 0 Å². The number of aromatic nitrogens is 2. The molecule has 0 spiro atoms. The summed E-state index contributed by atoms with van der Waals surface area (Å²) in [7, 11) is -3.38. The van der Waals surface area contributed by atoms with Crippen LogP contribution in [0.25, 0.3) is 10.6 Å². The Bertz CT molecular complexity index is 989. The van der Waals surface area contributed by atoms with E-state index in [2.05, 4.69) is 10.2 Å². The molecule has 0 atom stereocenters. The van der Waals surface area contributed by atoms with Gasteiger partial charge in [0.15, 0.2) is 9.84 Å². The topological polar surface area (TPSA) is 83.1 Å². The molecule has 4 rings (SSSR count). The summed E-state index contributed by atoms with van der Waals surface area (Å²) in [6, 6.07) is 13.8. The van der Waals surface area contributed by atoms with Gasteiger partial charge in [-0.05, 0) is 30.3 Å². The molecule has 1 amide bonds. The fraction of sp³-hybridized carbons (Fsp3) is 0.176. The van der Waals surface area contributed by atoms with Crippen LogP contribution in [0.4, 0.5) is 0 Å². The van der Waals surface area contributed by atoms with E-state index in [1.807, 2.05) is 12.1 Å². The average Bonchev–Trinajstić information content (AvgIpc) is 3.25. The second-order valence-electron chi connectivity index (χ2n) is 5.82. The Morgan fingerprint density at radius 3 is 2.56 bits per heavy atom. The first-order chi connectivity index (χ1) is 12.1. The standard InChI is InChI=1S/C17H15N3O3S2/c21-17(16-7-6-15(24-16)14-8-9-18-19-14)20-10-13(11-20)25(22,23)12-4-2-1-3-5-12/h1-9,13H,10-11H2,(H,18,19). The second kappa shape index (κ2) is 6.12. The predicted molar refractivity (Wildman–Crippen MR) is 95.2 cm³/mol. The van der Waals surface area contributed by atoms with E-state index in [1.54, 1.807) is 47.5 Å². The van der Waals surface area contributed by atoms with Crippen LogP contribution in [-0.2, 0) is 9.84 Å². The molecule has 1 aliphatic heterocycles. The van der Waals surface area contributed by atoms with Crippen LogP contribution in [0.2, 0.25) is 0 Å². The largest absolute Gasteiger partial charge is 0.335 e. The molecule has 1 aliphatic rings. The van der Waals surface area contributed by atoms with Crippen molar-refractivity contribution in [2.45, 2.75) is 10.1 Å². The zero-order valence-corrected chi connectivity index (χ0v) is 14.8. The average molecular weight is 373 g/mol. The van der Waals surface area contributed by atoms with Crippen molar-refractivity contribution in [1.82, 2.24) is 15.1 Å². The minimum Gasteiger partial charge on any atom is -0.335 e. The van der Waals surface area contributed by atoms with Gasteiger partial charge in [0.05, 0.1) is 20.3 Å². The van der Waals surface area contributed by atoms with Crippen molar-refractivity contribution >= 4 is 27.1 Å². The van der Waals surface area contributed by atoms with Crippen molar-refractivity contribution in [3.8, 4) is 10.6 Å². The molecule has 1 N–H and O–H groups in total. The number of carbonyl (C=O) groups excluding carboxylic acids is 1. The third-order valence-corrected chi connectivity index (χ3v) is 7.44. The minimum atomic E-state index is -3.38. The van der Waals surface area contributed by atoms with Crippen molar-refractivity contribution in [3.05, 3.63) is 59.6 Å². The van der Waals surface area contributed by atoms with E-state index in [9.17, 15) is 13.2 Å². The lowest BCUT2D eigenvalue weighted by Gasteiger charge is -2.38. The molecule has 0 aliphatic carbocycles. The number of nitrogens with one attached hydrogen (secondary N) is 1. The Hall–Kier alpha value is -2.45. The van der Waals surface area contributed by atoms with E-state index in [4.69, 9.17) is 0 Å². The van der Waals surface area contributed by atoms with Gasteiger partial charge in [0.1, 0.15) is 5.25 Å². The summed E-state index contributed by atoms with van der Waals surface area (Å²) in [4.78, 5) is 15.9. The van der Waals surface area contributed by atoms with Crippen LogP contribution in [0.15, 0.2) is 59.6 Å². The van der Waals surface area contributed by atoms with E-state index < -0.39 is 15.1 Å². The highest BCUT2D eigenvalue weighted by Gasteiger charge is 2.41. The Morgan fingerprint density at radius 2 is 1.88 bits per heavy atom. The van der Waals surface area contributed by atoms with Gasteiger partial charge >= 0.3 is 0 Å². The van der Waals surface area contributed by atoms with Crippen LogP contribution in [-0.4, -0.2) is 47.8 Å². The molecule has 2 aromatic heterocycles. The summed E-state index contributed by atoms with van der Waals surface area (Å²) in [5, 5.41) is 6.23. The Balaban J connectivity index is 1.45. The number of amides is 1. The summed E-state index contributed by atoms with van der Waals surface area (Å²) < 4.78 is 25.1. The third kappa shape index (κ3) is 2.87. The number of H-pyrrole nitrogens is 1. The van der Waals surface area contributed by atoms with Gasteiger partial charge in [-0.2, -0.15) is 5.10 Å². The molecule has 1 aromatic carbocycles. The lowest BCUT2D eigenvalue weighted by Crippen LogP contribution is -2.56. The first kappa shape index (κ1) is 16.0. The van der Waals surface area contributed by atoms with E-state index >= 15 is 0 Å². The first-order valence-corrected chi connectivity index (χ1v) is 10.1. The fourth-order valence-corrected chi connectivity index (χ4v) is 5.37.